The van der Waals surface area contributed by atoms with Gasteiger partial charge in [-0.3, -0.25) is 0 Å². The third kappa shape index (κ3) is 3.19. The predicted molar refractivity (Wildman–Crippen MR) is 45.4 cm³/mol. The first-order valence-electron chi connectivity index (χ1n) is 4.67. The monoisotopic (exact) mass is 159 g/mol. The topological polar surface area (TPSA) is 12.0 Å². The SMILES string of the molecule is CCNCC1CCC(F)CC1. The van der Waals surface area contributed by atoms with Crippen LogP contribution in [0.2, 0.25) is 0 Å². The Bertz CT molecular complexity index is 95.0. The highest BCUT2D eigenvalue weighted by atomic mass is 19.1. The van der Waals surface area contributed by atoms with Crippen molar-refractivity contribution in [2.24, 2.45) is 5.92 Å². The van der Waals surface area contributed by atoms with Crippen molar-refractivity contribution in [3.63, 3.8) is 0 Å². The molecule has 0 amide bonds. The molecule has 1 fully saturated rings. The number of alkyl halides is 1. The van der Waals surface area contributed by atoms with E-state index in [0.29, 0.717) is 0 Å². The van der Waals surface area contributed by atoms with E-state index in [0.717, 1.165) is 44.7 Å². The molecule has 0 radical (unpaired) electrons. The molecule has 0 aromatic rings. The van der Waals surface area contributed by atoms with Gasteiger partial charge >= 0.3 is 0 Å². The lowest BCUT2D eigenvalue weighted by Crippen LogP contribution is -2.26. The summed E-state index contributed by atoms with van der Waals surface area (Å²) in [5.74, 6) is 0.738. The van der Waals surface area contributed by atoms with E-state index in [1.165, 1.54) is 0 Å². The van der Waals surface area contributed by atoms with E-state index < -0.39 is 6.17 Å². The molecule has 0 aliphatic heterocycles. The molecule has 1 nitrogen and oxygen atoms in total. The van der Waals surface area contributed by atoms with Crippen LogP contribution in [0.5, 0.6) is 0 Å². The normalized spacial score (nSPS) is 32.2. The second-order valence-electron chi connectivity index (χ2n) is 3.43. The minimum absolute atomic E-state index is 0.507. The number of halogens is 1. The Morgan fingerprint density at radius 2 is 1.91 bits per heavy atom. The highest BCUT2D eigenvalue weighted by Gasteiger charge is 2.19. The minimum atomic E-state index is -0.507. The molecule has 1 aliphatic rings. The van der Waals surface area contributed by atoms with E-state index in [-0.39, 0.29) is 0 Å². The van der Waals surface area contributed by atoms with Crippen molar-refractivity contribution in [2.75, 3.05) is 13.1 Å². The summed E-state index contributed by atoms with van der Waals surface area (Å²) < 4.78 is 12.7. The van der Waals surface area contributed by atoms with Crippen LogP contribution in [0.15, 0.2) is 0 Å². The zero-order valence-electron chi connectivity index (χ0n) is 7.28. The van der Waals surface area contributed by atoms with Gasteiger partial charge < -0.3 is 5.32 Å². The summed E-state index contributed by atoms with van der Waals surface area (Å²) in [5.41, 5.74) is 0. The van der Waals surface area contributed by atoms with Crippen LogP contribution in [-0.2, 0) is 0 Å². The average Bonchev–Trinajstić information content (AvgIpc) is 2.04. The first kappa shape index (κ1) is 8.98. The zero-order valence-corrected chi connectivity index (χ0v) is 7.28. The molecule has 66 valence electrons. The molecule has 0 bridgehead atoms. The maximum Gasteiger partial charge on any atom is 0.100 e. The van der Waals surface area contributed by atoms with Crippen molar-refractivity contribution >= 4 is 0 Å². The molecule has 0 aromatic heterocycles. The molecule has 0 atom stereocenters. The highest BCUT2D eigenvalue weighted by molar-refractivity contribution is 4.72. The maximum atomic E-state index is 12.7. The molecule has 1 rings (SSSR count). The van der Waals surface area contributed by atoms with Crippen LogP contribution in [0, 0.1) is 5.92 Å². The van der Waals surface area contributed by atoms with Gasteiger partial charge in [0.2, 0.25) is 0 Å². The van der Waals surface area contributed by atoms with E-state index >= 15 is 0 Å². The predicted octanol–water partition coefficient (Wildman–Crippen LogP) is 2.12. The fourth-order valence-electron chi connectivity index (χ4n) is 1.67. The van der Waals surface area contributed by atoms with Gasteiger partial charge in [-0.25, -0.2) is 4.39 Å². The first-order valence-corrected chi connectivity index (χ1v) is 4.67. The molecule has 11 heavy (non-hydrogen) atoms. The van der Waals surface area contributed by atoms with Crippen LogP contribution in [0.1, 0.15) is 32.6 Å². The van der Waals surface area contributed by atoms with Gasteiger partial charge in [0.1, 0.15) is 6.17 Å². The molecule has 2 heteroatoms. The standard InChI is InChI=1S/C9H18FN/c1-2-11-7-8-3-5-9(10)6-4-8/h8-9,11H,2-7H2,1H3. The minimum Gasteiger partial charge on any atom is -0.317 e. The molecule has 0 saturated heterocycles. The number of hydrogen-bond acceptors (Lipinski definition) is 1. The smallest absolute Gasteiger partial charge is 0.100 e. The fraction of sp³-hybridized carbons (Fsp3) is 1.00. The quantitative estimate of drug-likeness (QED) is 0.665. The van der Waals surface area contributed by atoms with Gasteiger partial charge in [0.15, 0.2) is 0 Å². The molecule has 0 spiro atoms. The van der Waals surface area contributed by atoms with E-state index in [9.17, 15) is 4.39 Å². The molecule has 0 unspecified atom stereocenters. The Labute approximate surface area is 68.4 Å². The van der Waals surface area contributed by atoms with Crippen LogP contribution in [0.4, 0.5) is 4.39 Å². The maximum absolute atomic E-state index is 12.7. The molecule has 1 N–H and O–H groups in total. The number of nitrogens with one attached hydrogen (secondary N) is 1. The van der Waals surface area contributed by atoms with Crippen LogP contribution >= 0.6 is 0 Å². The Hall–Kier alpha value is -0.110. The van der Waals surface area contributed by atoms with Gasteiger partial charge in [0.05, 0.1) is 0 Å². The first-order chi connectivity index (χ1) is 5.33. The Morgan fingerprint density at radius 3 is 2.45 bits per heavy atom. The van der Waals surface area contributed by atoms with Gasteiger partial charge in [-0.1, -0.05) is 6.92 Å². The Balaban J connectivity index is 2.07. The van der Waals surface area contributed by atoms with E-state index in [4.69, 9.17) is 0 Å². The van der Waals surface area contributed by atoms with Gasteiger partial charge in [0, 0.05) is 0 Å². The van der Waals surface area contributed by atoms with Crippen molar-refractivity contribution in [3.8, 4) is 0 Å². The van der Waals surface area contributed by atoms with E-state index in [1.807, 2.05) is 0 Å². The Kier molecular flexibility index (Phi) is 3.84. The molecule has 0 aromatic carbocycles. The van der Waals surface area contributed by atoms with Crippen LogP contribution in [-0.4, -0.2) is 19.3 Å². The molecule has 1 aliphatic carbocycles. The van der Waals surface area contributed by atoms with Crippen LogP contribution < -0.4 is 5.32 Å². The van der Waals surface area contributed by atoms with Crippen molar-refractivity contribution in [1.82, 2.24) is 5.32 Å². The highest BCUT2D eigenvalue weighted by Crippen LogP contribution is 2.25. The third-order valence-corrected chi connectivity index (χ3v) is 2.46. The summed E-state index contributed by atoms with van der Waals surface area (Å²) in [6, 6.07) is 0. The van der Waals surface area contributed by atoms with Gasteiger partial charge in [-0.15, -0.1) is 0 Å². The lowest BCUT2D eigenvalue weighted by atomic mass is 9.88. The lowest BCUT2D eigenvalue weighted by molar-refractivity contribution is 0.205. The molecular weight excluding hydrogens is 141 g/mol. The second-order valence-corrected chi connectivity index (χ2v) is 3.43. The van der Waals surface area contributed by atoms with Crippen molar-refractivity contribution in [3.05, 3.63) is 0 Å². The van der Waals surface area contributed by atoms with Crippen molar-refractivity contribution < 1.29 is 4.39 Å². The molecule has 0 heterocycles. The third-order valence-electron chi connectivity index (χ3n) is 2.46. The van der Waals surface area contributed by atoms with Gasteiger partial charge in [0.25, 0.3) is 0 Å². The summed E-state index contributed by atoms with van der Waals surface area (Å²) >= 11 is 0. The van der Waals surface area contributed by atoms with Gasteiger partial charge in [-0.05, 0) is 44.7 Å². The number of rotatable bonds is 3. The second kappa shape index (κ2) is 4.70. The fourth-order valence-corrected chi connectivity index (χ4v) is 1.67. The van der Waals surface area contributed by atoms with Crippen molar-refractivity contribution in [1.29, 1.82) is 0 Å². The Morgan fingerprint density at radius 1 is 1.27 bits per heavy atom. The summed E-state index contributed by atoms with van der Waals surface area (Å²) in [5, 5.41) is 3.31. The van der Waals surface area contributed by atoms with Crippen molar-refractivity contribution in [2.45, 2.75) is 38.8 Å². The number of hydrogen-bond donors (Lipinski definition) is 1. The van der Waals surface area contributed by atoms with E-state index in [2.05, 4.69) is 12.2 Å². The molecular formula is C9H18FN. The summed E-state index contributed by atoms with van der Waals surface area (Å²) in [6.45, 7) is 4.24. The largest absolute Gasteiger partial charge is 0.317 e. The summed E-state index contributed by atoms with van der Waals surface area (Å²) in [6.07, 6.45) is 3.22. The zero-order chi connectivity index (χ0) is 8.10. The lowest BCUT2D eigenvalue weighted by Gasteiger charge is -2.23. The van der Waals surface area contributed by atoms with Crippen LogP contribution in [0.25, 0.3) is 0 Å². The summed E-state index contributed by atoms with van der Waals surface area (Å²) in [7, 11) is 0. The van der Waals surface area contributed by atoms with E-state index in [1.54, 1.807) is 0 Å². The van der Waals surface area contributed by atoms with Crippen LogP contribution in [0.3, 0.4) is 0 Å². The average molecular weight is 159 g/mol. The van der Waals surface area contributed by atoms with Gasteiger partial charge in [-0.2, -0.15) is 0 Å². The summed E-state index contributed by atoms with van der Waals surface area (Å²) in [4.78, 5) is 0. The molecule has 1 saturated carbocycles.